The molecule has 1 fully saturated rings. The molecular weight excluding hydrogens is 214 g/mol. The van der Waals surface area contributed by atoms with Crippen molar-refractivity contribution in [2.24, 2.45) is 5.92 Å². The number of nitrogens with zero attached hydrogens (tertiary/aromatic N) is 1. The number of hydrogen-bond donors (Lipinski definition) is 0. The van der Waals surface area contributed by atoms with Crippen molar-refractivity contribution in [3.63, 3.8) is 0 Å². The van der Waals surface area contributed by atoms with Gasteiger partial charge in [0.05, 0.1) is 6.26 Å². The van der Waals surface area contributed by atoms with Crippen LogP contribution in [0.5, 0.6) is 0 Å². The zero-order valence-electron chi connectivity index (χ0n) is 9.18. The maximum Gasteiger partial charge on any atom is 0.211 e. The quantitative estimate of drug-likeness (QED) is 0.526. The topological polar surface area (TPSA) is 54.5 Å². The van der Waals surface area contributed by atoms with Gasteiger partial charge in [0.15, 0.2) is 0 Å². The lowest BCUT2D eigenvalue weighted by atomic mass is 9.94. The summed E-state index contributed by atoms with van der Waals surface area (Å²) >= 11 is 0. The minimum absolute atomic E-state index is 0.438. The largest absolute Gasteiger partial charge is 0.303 e. The summed E-state index contributed by atoms with van der Waals surface area (Å²) in [6.07, 6.45) is 6.66. The van der Waals surface area contributed by atoms with Gasteiger partial charge in [-0.1, -0.05) is 0 Å². The van der Waals surface area contributed by atoms with E-state index in [1.165, 1.54) is 6.26 Å². The van der Waals surface area contributed by atoms with Crippen molar-refractivity contribution in [2.45, 2.75) is 32.1 Å². The Bertz CT molecular complexity index is 300. The summed E-state index contributed by atoms with van der Waals surface area (Å²) in [5.74, 6) is 0.438. The average molecular weight is 233 g/mol. The van der Waals surface area contributed by atoms with Gasteiger partial charge in [-0.2, -0.15) is 0 Å². The number of sulfonamides is 1. The number of hydrogen-bond acceptors (Lipinski definition) is 3. The second kappa shape index (κ2) is 5.61. The van der Waals surface area contributed by atoms with Crippen LogP contribution < -0.4 is 0 Å². The average Bonchev–Trinajstić information content (AvgIpc) is 2.17. The third kappa shape index (κ3) is 4.30. The van der Waals surface area contributed by atoms with E-state index in [0.29, 0.717) is 25.4 Å². The summed E-state index contributed by atoms with van der Waals surface area (Å²) in [5, 5.41) is 0. The predicted molar refractivity (Wildman–Crippen MR) is 59.1 cm³/mol. The first-order valence-electron chi connectivity index (χ1n) is 5.43. The molecule has 1 aliphatic rings. The number of aldehydes is 1. The van der Waals surface area contributed by atoms with Gasteiger partial charge in [0.2, 0.25) is 10.0 Å². The smallest absolute Gasteiger partial charge is 0.211 e. The number of rotatable bonds is 5. The van der Waals surface area contributed by atoms with Gasteiger partial charge in [-0.3, -0.25) is 0 Å². The van der Waals surface area contributed by atoms with Crippen LogP contribution in [0.4, 0.5) is 0 Å². The normalized spacial score (nSPS) is 23.9. The Kier molecular flexibility index (Phi) is 4.73. The molecule has 0 aromatic carbocycles. The molecule has 5 heteroatoms. The molecule has 0 aromatic heterocycles. The second-order valence-electron chi connectivity index (χ2n) is 4.23. The van der Waals surface area contributed by atoms with E-state index in [0.717, 1.165) is 32.0 Å². The lowest BCUT2D eigenvalue weighted by molar-refractivity contribution is -0.108. The molecule has 0 saturated carbocycles. The van der Waals surface area contributed by atoms with Gasteiger partial charge in [0.1, 0.15) is 6.29 Å². The van der Waals surface area contributed by atoms with E-state index >= 15 is 0 Å². The summed E-state index contributed by atoms with van der Waals surface area (Å²) in [6, 6.07) is 0. The molecule has 88 valence electrons. The Morgan fingerprint density at radius 3 is 2.80 bits per heavy atom. The van der Waals surface area contributed by atoms with Crippen molar-refractivity contribution in [1.29, 1.82) is 0 Å². The summed E-state index contributed by atoms with van der Waals surface area (Å²) < 4.78 is 24.2. The molecule has 0 amide bonds. The number of unbranched alkanes of at least 4 members (excludes halogenated alkanes) is 1. The SMILES string of the molecule is CS(=O)(=O)N1CCCC(CCCC=O)C1. The molecule has 1 heterocycles. The molecule has 1 rings (SSSR count). The summed E-state index contributed by atoms with van der Waals surface area (Å²) in [6.45, 7) is 1.29. The molecule has 1 saturated heterocycles. The van der Waals surface area contributed by atoms with Crippen molar-refractivity contribution < 1.29 is 13.2 Å². The van der Waals surface area contributed by atoms with Gasteiger partial charge in [0.25, 0.3) is 0 Å². The van der Waals surface area contributed by atoms with Gasteiger partial charge >= 0.3 is 0 Å². The maximum absolute atomic E-state index is 11.3. The van der Waals surface area contributed by atoms with Crippen LogP contribution in [0.2, 0.25) is 0 Å². The first-order valence-corrected chi connectivity index (χ1v) is 7.27. The summed E-state index contributed by atoms with van der Waals surface area (Å²) in [4.78, 5) is 10.2. The van der Waals surface area contributed by atoms with Gasteiger partial charge in [0, 0.05) is 19.5 Å². The highest BCUT2D eigenvalue weighted by atomic mass is 32.2. The van der Waals surface area contributed by atoms with E-state index in [1.807, 2.05) is 0 Å². The summed E-state index contributed by atoms with van der Waals surface area (Å²) in [7, 11) is -3.03. The zero-order chi connectivity index (χ0) is 11.3. The van der Waals surface area contributed by atoms with Crippen LogP contribution in [-0.4, -0.2) is 38.4 Å². The highest BCUT2D eigenvalue weighted by molar-refractivity contribution is 7.88. The molecule has 0 radical (unpaired) electrons. The van der Waals surface area contributed by atoms with Gasteiger partial charge in [-0.15, -0.1) is 0 Å². The lowest BCUT2D eigenvalue weighted by Crippen LogP contribution is -2.39. The Balaban J connectivity index is 2.39. The zero-order valence-corrected chi connectivity index (χ0v) is 10.0. The van der Waals surface area contributed by atoms with E-state index < -0.39 is 10.0 Å². The molecule has 0 spiro atoms. The minimum Gasteiger partial charge on any atom is -0.303 e. The van der Waals surface area contributed by atoms with Crippen molar-refractivity contribution in [3.05, 3.63) is 0 Å². The number of carbonyl (C=O) groups is 1. The number of piperidine rings is 1. The van der Waals surface area contributed by atoms with Gasteiger partial charge < -0.3 is 4.79 Å². The van der Waals surface area contributed by atoms with Gasteiger partial charge in [-0.05, 0) is 31.6 Å². The third-order valence-electron chi connectivity index (χ3n) is 2.89. The molecule has 0 N–H and O–H groups in total. The molecular formula is C10H19NO3S. The van der Waals surface area contributed by atoms with E-state index in [4.69, 9.17) is 0 Å². The van der Waals surface area contributed by atoms with E-state index in [1.54, 1.807) is 4.31 Å². The monoisotopic (exact) mass is 233 g/mol. The molecule has 0 bridgehead atoms. The Hall–Kier alpha value is -0.420. The third-order valence-corrected chi connectivity index (χ3v) is 4.15. The first-order chi connectivity index (χ1) is 7.04. The van der Waals surface area contributed by atoms with E-state index in [-0.39, 0.29) is 0 Å². The van der Waals surface area contributed by atoms with Crippen LogP contribution in [0.3, 0.4) is 0 Å². The van der Waals surface area contributed by atoms with Crippen molar-refractivity contribution >= 4 is 16.3 Å². The first kappa shape index (κ1) is 12.6. The van der Waals surface area contributed by atoms with Crippen LogP contribution in [0.15, 0.2) is 0 Å². The predicted octanol–water partition coefficient (Wildman–Crippen LogP) is 1.03. The molecule has 1 unspecified atom stereocenters. The fraction of sp³-hybridized carbons (Fsp3) is 0.900. The van der Waals surface area contributed by atoms with Gasteiger partial charge in [-0.25, -0.2) is 12.7 Å². The second-order valence-corrected chi connectivity index (χ2v) is 6.21. The molecule has 0 aromatic rings. The standard InChI is InChI=1S/C10H19NO3S/c1-15(13,14)11-7-4-6-10(9-11)5-2-3-8-12/h8,10H,2-7,9H2,1H3. The molecule has 4 nitrogen and oxygen atoms in total. The van der Waals surface area contributed by atoms with E-state index in [9.17, 15) is 13.2 Å². The van der Waals surface area contributed by atoms with Crippen molar-refractivity contribution in [1.82, 2.24) is 4.31 Å². The van der Waals surface area contributed by atoms with Crippen LogP contribution >= 0.6 is 0 Å². The minimum atomic E-state index is -3.03. The molecule has 1 atom stereocenters. The number of carbonyl (C=O) groups excluding carboxylic acids is 1. The fourth-order valence-corrected chi connectivity index (χ4v) is 3.00. The Morgan fingerprint density at radius 2 is 2.20 bits per heavy atom. The lowest BCUT2D eigenvalue weighted by Gasteiger charge is -2.30. The van der Waals surface area contributed by atoms with Crippen LogP contribution in [0.25, 0.3) is 0 Å². The fourth-order valence-electron chi connectivity index (χ4n) is 2.05. The van der Waals surface area contributed by atoms with E-state index in [2.05, 4.69) is 0 Å². The van der Waals surface area contributed by atoms with Crippen LogP contribution in [-0.2, 0) is 14.8 Å². The summed E-state index contributed by atoms with van der Waals surface area (Å²) in [5.41, 5.74) is 0. The Morgan fingerprint density at radius 1 is 1.47 bits per heavy atom. The van der Waals surface area contributed by atoms with Crippen molar-refractivity contribution in [3.8, 4) is 0 Å². The van der Waals surface area contributed by atoms with Crippen molar-refractivity contribution in [2.75, 3.05) is 19.3 Å². The highest BCUT2D eigenvalue weighted by Crippen LogP contribution is 2.22. The van der Waals surface area contributed by atoms with Crippen LogP contribution in [0, 0.1) is 5.92 Å². The van der Waals surface area contributed by atoms with Crippen LogP contribution in [0.1, 0.15) is 32.1 Å². The Labute approximate surface area is 91.7 Å². The molecule has 0 aliphatic carbocycles. The molecule has 15 heavy (non-hydrogen) atoms. The highest BCUT2D eigenvalue weighted by Gasteiger charge is 2.25. The molecule has 1 aliphatic heterocycles. The maximum atomic E-state index is 11.3.